The minimum Gasteiger partial charge on any atom is -0.363 e. The van der Waals surface area contributed by atoms with Crippen LogP contribution < -0.4 is 4.90 Å². The zero-order chi connectivity index (χ0) is 15.9. The smallest absolute Gasteiger partial charge is 0.264 e. The van der Waals surface area contributed by atoms with Crippen LogP contribution in [-0.4, -0.2) is 56.0 Å². The Hall–Kier alpha value is -1.11. The van der Waals surface area contributed by atoms with Crippen LogP contribution in [-0.2, 0) is 15.9 Å². The van der Waals surface area contributed by atoms with Gasteiger partial charge in [0.25, 0.3) is 5.91 Å². The number of thiophene rings is 1. The highest BCUT2D eigenvalue weighted by atomic mass is 32.1. The number of aryl methyl sites for hydroxylation is 1. The zero-order valence-corrected chi connectivity index (χ0v) is 14.5. The number of ether oxygens (including phenoxy) is 2. The van der Waals surface area contributed by atoms with Gasteiger partial charge in [-0.3, -0.25) is 4.79 Å². The van der Waals surface area contributed by atoms with Gasteiger partial charge in [-0.25, -0.2) is 0 Å². The lowest BCUT2D eigenvalue weighted by atomic mass is 10.0. The predicted molar refractivity (Wildman–Crippen MR) is 90.3 cm³/mol. The molecule has 0 saturated carbocycles. The van der Waals surface area contributed by atoms with Crippen LogP contribution in [0.4, 0.5) is 5.00 Å². The number of nitrogens with zero attached hydrogens (tertiary/aromatic N) is 2. The van der Waals surface area contributed by atoms with Crippen LogP contribution in [0.5, 0.6) is 0 Å². The van der Waals surface area contributed by atoms with E-state index in [1.807, 2.05) is 4.90 Å². The maximum atomic E-state index is 12.9. The van der Waals surface area contributed by atoms with Crippen LogP contribution in [0, 0.1) is 0 Å². The predicted octanol–water partition coefficient (Wildman–Crippen LogP) is 2.50. The summed E-state index contributed by atoms with van der Waals surface area (Å²) in [5.74, 6) is -0.238. The van der Waals surface area contributed by atoms with Gasteiger partial charge in [0, 0.05) is 39.0 Å². The van der Waals surface area contributed by atoms with E-state index in [9.17, 15) is 4.79 Å². The number of amides is 1. The highest BCUT2D eigenvalue weighted by Crippen LogP contribution is 2.37. The van der Waals surface area contributed by atoms with E-state index < -0.39 is 5.79 Å². The highest BCUT2D eigenvalue weighted by molar-refractivity contribution is 7.18. The van der Waals surface area contributed by atoms with E-state index >= 15 is 0 Å². The number of fused-ring (bicyclic) bond motifs is 1. The van der Waals surface area contributed by atoms with Gasteiger partial charge < -0.3 is 19.3 Å². The molecule has 1 aromatic rings. The summed E-state index contributed by atoms with van der Waals surface area (Å²) < 4.78 is 11.5. The number of piperidine rings is 1. The second kappa shape index (κ2) is 6.07. The number of likely N-dealkylation sites (tertiary alicyclic amines) is 1. The first-order chi connectivity index (χ1) is 11.2. The molecule has 4 rings (SSSR count). The average molecular weight is 336 g/mol. The first-order valence-electron chi connectivity index (χ1n) is 8.66. The van der Waals surface area contributed by atoms with Crippen molar-refractivity contribution in [1.82, 2.24) is 4.90 Å². The lowest BCUT2D eigenvalue weighted by molar-refractivity contribution is -0.181. The standard InChI is InChI=1S/C17H24N2O3S/c1-2-18-7-3-4-13-12-14(23-16(13)18)15(20)19-8-5-17(6-9-19)21-10-11-22-17/h12H,2-11H2,1H3. The molecule has 5 nitrogen and oxygen atoms in total. The van der Waals surface area contributed by atoms with Crippen LogP contribution in [0.3, 0.4) is 0 Å². The Morgan fingerprint density at radius 3 is 2.70 bits per heavy atom. The Balaban J connectivity index is 1.46. The summed E-state index contributed by atoms with van der Waals surface area (Å²) in [5, 5.41) is 1.30. The van der Waals surface area contributed by atoms with Crippen molar-refractivity contribution in [2.45, 2.75) is 38.4 Å². The third kappa shape index (κ3) is 2.77. The van der Waals surface area contributed by atoms with Gasteiger partial charge in [0.05, 0.1) is 23.1 Å². The molecule has 0 radical (unpaired) electrons. The zero-order valence-electron chi connectivity index (χ0n) is 13.7. The maximum Gasteiger partial charge on any atom is 0.264 e. The van der Waals surface area contributed by atoms with E-state index in [0.29, 0.717) is 13.2 Å². The molecular weight excluding hydrogens is 312 g/mol. The SMILES string of the molecule is CCN1CCCc2cc(C(=O)N3CCC4(CC3)OCCO4)sc21. The summed E-state index contributed by atoms with van der Waals surface area (Å²) in [6.45, 7) is 7.11. The molecule has 3 aliphatic rings. The van der Waals surface area contributed by atoms with Crippen LogP contribution in [0.2, 0.25) is 0 Å². The molecule has 6 heteroatoms. The summed E-state index contributed by atoms with van der Waals surface area (Å²) >= 11 is 1.67. The third-order valence-corrected chi connectivity index (χ3v) is 6.39. The number of carbonyl (C=O) groups is 1. The Bertz CT molecular complexity index is 585. The minimum absolute atomic E-state index is 0.174. The summed E-state index contributed by atoms with van der Waals surface area (Å²) in [6, 6.07) is 2.12. The Kier molecular flexibility index (Phi) is 4.07. The average Bonchev–Trinajstić information content (AvgIpc) is 3.21. The van der Waals surface area contributed by atoms with E-state index in [1.54, 1.807) is 11.3 Å². The molecule has 2 fully saturated rings. The van der Waals surface area contributed by atoms with Crippen molar-refractivity contribution in [2.24, 2.45) is 0 Å². The monoisotopic (exact) mass is 336 g/mol. The first-order valence-corrected chi connectivity index (χ1v) is 9.47. The summed E-state index contributed by atoms with van der Waals surface area (Å²) in [6.07, 6.45) is 3.85. The quantitative estimate of drug-likeness (QED) is 0.832. The molecule has 0 bridgehead atoms. The number of hydrogen-bond donors (Lipinski definition) is 0. The molecule has 2 saturated heterocycles. The number of anilines is 1. The molecule has 0 atom stereocenters. The molecule has 1 amide bonds. The molecule has 1 spiro atoms. The summed E-state index contributed by atoms with van der Waals surface area (Å²) in [7, 11) is 0. The van der Waals surface area contributed by atoms with Crippen LogP contribution in [0.15, 0.2) is 6.07 Å². The topological polar surface area (TPSA) is 42.0 Å². The van der Waals surface area contributed by atoms with Crippen molar-refractivity contribution in [3.8, 4) is 0 Å². The summed E-state index contributed by atoms with van der Waals surface area (Å²) in [5.41, 5.74) is 1.35. The fraction of sp³-hybridized carbons (Fsp3) is 0.706. The first kappa shape index (κ1) is 15.4. The molecule has 23 heavy (non-hydrogen) atoms. The second-order valence-corrected chi connectivity index (χ2v) is 7.55. The fourth-order valence-corrected chi connectivity index (χ4v) is 5.09. The van der Waals surface area contributed by atoms with Crippen molar-refractivity contribution in [1.29, 1.82) is 0 Å². The molecule has 3 aliphatic heterocycles. The second-order valence-electron chi connectivity index (χ2n) is 6.52. The summed E-state index contributed by atoms with van der Waals surface area (Å²) in [4.78, 5) is 18.1. The van der Waals surface area contributed by atoms with E-state index in [1.165, 1.54) is 17.0 Å². The molecule has 126 valence electrons. The fourth-order valence-electron chi connectivity index (χ4n) is 3.83. The van der Waals surface area contributed by atoms with Gasteiger partial charge in [-0.15, -0.1) is 11.3 Å². The third-order valence-electron chi connectivity index (χ3n) is 5.17. The Morgan fingerprint density at radius 1 is 1.26 bits per heavy atom. The van der Waals surface area contributed by atoms with E-state index in [2.05, 4.69) is 17.9 Å². The number of carbonyl (C=O) groups excluding carboxylic acids is 1. The lowest BCUT2D eigenvalue weighted by Crippen LogP contribution is -2.47. The normalized spacial score (nSPS) is 23.3. The van der Waals surface area contributed by atoms with Crippen molar-refractivity contribution in [3.05, 3.63) is 16.5 Å². The van der Waals surface area contributed by atoms with Gasteiger partial charge in [-0.2, -0.15) is 0 Å². The molecule has 0 unspecified atom stereocenters. The Morgan fingerprint density at radius 2 is 2.00 bits per heavy atom. The van der Waals surface area contributed by atoms with Gasteiger partial charge in [0.1, 0.15) is 0 Å². The molecule has 1 aromatic heterocycles. The Labute approximate surface area is 141 Å². The number of rotatable bonds is 2. The van der Waals surface area contributed by atoms with Crippen LogP contribution in [0.1, 0.15) is 41.4 Å². The highest BCUT2D eigenvalue weighted by Gasteiger charge is 2.41. The molecular formula is C17H24N2O3S. The van der Waals surface area contributed by atoms with Gasteiger partial charge in [0.15, 0.2) is 5.79 Å². The van der Waals surface area contributed by atoms with Crippen molar-refractivity contribution in [2.75, 3.05) is 44.3 Å². The van der Waals surface area contributed by atoms with Gasteiger partial charge in [-0.05, 0) is 31.4 Å². The lowest BCUT2D eigenvalue weighted by Gasteiger charge is -2.37. The molecule has 0 aliphatic carbocycles. The molecule has 0 N–H and O–H groups in total. The molecule has 0 aromatic carbocycles. The van der Waals surface area contributed by atoms with Gasteiger partial charge >= 0.3 is 0 Å². The molecule has 4 heterocycles. The largest absolute Gasteiger partial charge is 0.363 e. The minimum atomic E-state index is -0.412. The van der Waals surface area contributed by atoms with Gasteiger partial charge in [-0.1, -0.05) is 0 Å². The van der Waals surface area contributed by atoms with Crippen LogP contribution in [0.25, 0.3) is 0 Å². The van der Waals surface area contributed by atoms with Crippen molar-refractivity contribution in [3.63, 3.8) is 0 Å². The van der Waals surface area contributed by atoms with Gasteiger partial charge in [0.2, 0.25) is 0 Å². The van der Waals surface area contributed by atoms with E-state index in [-0.39, 0.29) is 5.91 Å². The van der Waals surface area contributed by atoms with E-state index in [0.717, 1.165) is 50.3 Å². The van der Waals surface area contributed by atoms with Crippen molar-refractivity contribution >= 4 is 22.2 Å². The number of hydrogen-bond acceptors (Lipinski definition) is 5. The van der Waals surface area contributed by atoms with Crippen molar-refractivity contribution < 1.29 is 14.3 Å². The van der Waals surface area contributed by atoms with Crippen LogP contribution >= 0.6 is 11.3 Å². The maximum absolute atomic E-state index is 12.9. The van der Waals surface area contributed by atoms with E-state index in [4.69, 9.17) is 9.47 Å².